The molecule has 1 rings (SSSR count). The number of carbonyl (C=O) groups excluding carboxylic acids is 1. The van der Waals surface area contributed by atoms with Crippen molar-refractivity contribution in [2.45, 2.75) is 18.4 Å². The summed E-state index contributed by atoms with van der Waals surface area (Å²) in [4.78, 5) is 11.1. The number of nitrogens with one attached hydrogen (secondary N) is 1. The van der Waals surface area contributed by atoms with Gasteiger partial charge in [0.2, 0.25) is 5.91 Å². The first-order valence-corrected chi connectivity index (χ1v) is 3.38. The lowest BCUT2D eigenvalue weighted by atomic mass is 10.3. The second-order valence-corrected chi connectivity index (χ2v) is 2.75. The van der Waals surface area contributed by atoms with Crippen LogP contribution >= 0.6 is 0 Å². The van der Waals surface area contributed by atoms with Gasteiger partial charge >= 0.3 is 0 Å². The van der Waals surface area contributed by atoms with E-state index in [1.165, 1.54) is 0 Å². The molecular formula is C7H12FNO2. The second-order valence-electron chi connectivity index (χ2n) is 2.75. The average molecular weight is 164 g/mol. The summed E-state index contributed by atoms with van der Waals surface area (Å²) in [5.74, 6) is -0.587. The molecule has 64 valence electrons. The predicted molar refractivity (Wildman–Crippen MR) is 38.0 cm³/mol. The van der Waals surface area contributed by atoms with E-state index in [4.69, 9.17) is 4.11 Å². The van der Waals surface area contributed by atoms with Gasteiger partial charge in [-0.25, -0.2) is 4.39 Å². The van der Waals surface area contributed by atoms with Crippen LogP contribution in [0, 0.1) is 0 Å². The van der Waals surface area contributed by atoms with Crippen LogP contribution in [0.4, 0.5) is 4.39 Å². The Morgan fingerprint density at radius 2 is 2.64 bits per heavy atom. The van der Waals surface area contributed by atoms with E-state index in [0.717, 1.165) is 0 Å². The SMILES string of the molecule is [2H]C([2H])([2H])OCC(=O)NC1(CF)CC1. The van der Waals surface area contributed by atoms with E-state index >= 15 is 0 Å². The minimum Gasteiger partial charge on any atom is -0.375 e. The fraction of sp³-hybridized carbons (Fsp3) is 0.857. The van der Waals surface area contributed by atoms with Crippen molar-refractivity contribution in [3.05, 3.63) is 0 Å². The third kappa shape index (κ3) is 2.15. The molecule has 1 aliphatic rings. The molecule has 0 radical (unpaired) electrons. The first kappa shape index (κ1) is 5.09. The Bertz CT molecular complexity index is 227. The number of alkyl halides is 1. The number of methoxy groups -OCH3 is 1. The largest absolute Gasteiger partial charge is 0.375 e. The molecule has 11 heavy (non-hydrogen) atoms. The number of hydrogen-bond acceptors (Lipinski definition) is 2. The quantitative estimate of drug-likeness (QED) is 0.647. The van der Waals surface area contributed by atoms with Crippen molar-refractivity contribution in [1.82, 2.24) is 5.32 Å². The van der Waals surface area contributed by atoms with Gasteiger partial charge in [0.25, 0.3) is 0 Å². The van der Waals surface area contributed by atoms with Crippen molar-refractivity contribution in [3.8, 4) is 0 Å². The average Bonchev–Trinajstić information content (AvgIpc) is 2.81. The number of amides is 1. The summed E-state index contributed by atoms with van der Waals surface area (Å²) in [5.41, 5.74) is -0.741. The van der Waals surface area contributed by atoms with Crippen LogP contribution in [0.3, 0.4) is 0 Å². The molecule has 0 spiro atoms. The lowest BCUT2D eigenvalue weighted by Crippen LogP contribution is -2.40. The van der Waals surface area contributed by atoms with Crippen LogP contribution in [0.15, 0.2) is 0 Å². The van der Waals surface area contributed by atoms with Gasteiger partial charge in [0.15, 0.2) is 0 Å². The van der Waals surface area contributed by atoms with E-state index in [0.29, 0.717) is 12.8 Å². The molecule has 0 aromatic rings. The summed E-state index contributed by atoms with van der Waals surface area (Å²) in [7, 11) is -2.58. The molecule has 1 N–H and O–H groups in total. The molecule has 1 fully saturated rings. The van der Waals surface area contributed by atoms with Gasteiger partial charge in [-0.3, -0.25) is 4.79 Å². The van der Waals surface area contributed by atoms with Gasteiger partial charge in [-0.2, -0.15) is 0 Å². The number of halogens is 1. The van der Waals surface area contributed by atoms with E-state index < -0.39 is 31.8 Å². The standard InChI is InChI=1S/C7H12FNO2/c1-11-4-6(10)9-7(5-8)2-3-7/h2-5H2,1H3,(H,9,10)/i1D3. The summed E-state index contributed by atoms with van der Waals surface area (Å²) >= 11 is 0. The Morgan fingerprint density at radius 1 is 1.91 bits per heavy atom. The van der Waals surface area contributed by atoms with Gasteiger partial charge in [0.05, 0.1) is 9.65 Å². The van der Waals surface area contributed by atoms with Crippen molar-refractivity contribution in [1.29, 1.82) is 0 Å². The van der Waals surface area contributed by atoms with E-state index in [1.54, 1.807) is 0 Å². The molecule has 0 saturated heterocycles. The molecule has 3 nitrogen and oxygen atoms in total. The molecule has 0 unspecified atom stereocenters. The smallest absolute Gasteiger partial charge is 0.246 e. The van der Waals surface area contributed by atoms with Gasteiger partial charge < -0.3 is 10.1 Å². The fourth-order valence-electron chi connectivity index (χ4n) is 0.840. The van der Waals surface area contributed by atoms with Crippen LogP contribution in [-0.2, 0) is 9.53 Å². The minimum atomic E-state index is -2.58. The van der Waals surface area contributed by atoms with Crippen LogP contribution in [-0.4, -0.2) is 31.8 Å². The van der Waals surface area contributed by atoms with Gasteiger partial charge in [0, 0.05) is 7.04 Å². The Balaban J connectivity index is 2.23. The molecule has 0 bridgehead atoms. The van der Waals surface area contributed by atoms with Crippen LogP contribution < -0.4 is 5.32 Å². The van der Waals surface area contributed by atoms with E-state index in [9.17, 15) is 9.18 Å². The van der Waals surface area contributed by atoms with Crippen LogP contribution in [0.1, 0.15) is 17.0 Å². The highest BCUT2D eigenvalue weighted by Crippen LogP contribution is 2.35. The molecule has 0 aliphatic heterocycles. The van der Waals surface area contributed by atoms with Gasteiger partial charge in [-0.15, -0.1) is 0 Å². The van der Waals surface area contributed by atoms with Crippen molar-refractivity contribution < 1.29 is 18.0 Å². The first-order chi connectivity index (χ1) is 6.37. The minimum absolute atomic E-state index is 0.557. The zero-order valence-corrected chi connectivity index (χ0v) is 6.02. The lowest BCUT2D eigenvalue weighted by molar-refractivity contribution is -0.125. The number of rotatable bonds is 4. The Hall–Kier alpha value is -0.640. The summed E-state index contributed by atoms with van der Waals surface area (Å²) in [6.07, 6.45) is 1.20. The highest BCUT2D eigenvalue weighted by Gasteiger charge is 2.44. The van der Waals surface area contributed by atoms with Crippen molar-refractivity contribution in [2.75, 3.05) is 20.3 Å². The van der Waals surface area contributed by atoms with Crippen molar-refractivity contribution in [2.24, 2.45) is 0 Å². The van der Waals surface area contributed by atoms with Gasteiger partial charge in [-0.05, 0) is 12.8 Å². The third-order valence-electron chi connectivity index (χ3n) is 1.72. The number of carbonyl (C=O) groups is 1. The molecule has 1 amide bonds. The Morgan fingerprint density at radius 3 is 3.09 bits per heavy atom. The molecule has 0 aromatic heterocycles. The molecule has 1 saturated carbocycles. The van der Waals surface area contributed by atoms with Crippen LogP contribution in [0.5, 0.6) is 0 Å². The maximum absolute atomic E-state index is 12.3. The normalized spacial score (nSPS) is 24.6. The maximum atomic E-state index is 12.3. The van der Waals surface area contributed by atoms with Crippen LogP contribution in [0.25, 0.3) is 0 Å². The Labute approximate surface area is 69.1 Å². The molecular weight excluding hydrogens is 149 g/mol. The molecule has 1 aliphatic carbocycles. The summed E-state index contributed by atoms with van der Waals surface area (Å²) < 4.78 is 36.6. The summed E-state index contributed by atoms with van der Waals surface area (Å²) in [6, 6.07) is 0. The molecule has 0 atom stereocenters. The lowest BCUT2D eigenvalue weighted by Gasteiger charge is -2.11. The highest BCUT2D eigenvalue weighted by atomic mass is 19.1. The molecule has 4 heteroatoms. The fourth-order valence-corrected chi connectivity index (χ4v) is 0.840. The molecule has 0 heterocycles. The molecule has 0 aromatic carbocycles. The van der Waals surface area contributed by atoms with Crippen molar-refractivity contribution in [3.63, 3.8) is 0 Å². The van der Waals surface area contributed by atoms with E-state index in [-0.39, 0.29) is 0 Å². The first-order valence-electron chi connectivity index (χ1n) is 4.88. The summed E-state index contributed by atoms with van der Waals surface area (Å²) in [5, 5.41) is 2.40. The van der Waals surface area contributed by atoms with Crippen LogP contribution in [0.2, 0.25) is 0 Å². The van der Waals surface area contributed by atoms with Gasteiger partial charge in [-0.1, -0.05) is 0 Å². The zero-order valence-electron chi connectivity index (χ0n) is 9.02. The third-order valence-corrected chi connectivity index (χ3v) is 1.72. The Kier molecular flexibility index (Phi) is 1.47. The van der Waals surface area contributed by atoms with E-state index in [2.05, 4.69) is 10.1 Å². The number of hydrogen-bond donors (Lipinski definition) is 1. The monoisotopic (exact) mass is 164 g/mol. The maximum Gasteiger partial charge on any atom is 0.246 e. The summed E-state index contributed by atoms with van der Waals surface area (Å²) in [6.45, 7) is -1.18. The predicted octanol–water partition coefficient (Wildman–Crippen LogP) is 0.251. The topological polar surface area (TPSA) is 38.3 Å². The second kappa shape index (κ2) is 3.17. The van der Waals surface area contributed by atoms with Gasteiger partial charge in [0.1, 0.15) is 13.3 Å². The van der Waals surface area contributed by atoms with E-state index in [1.807, 2.05) is 0 Å². The zero-order chi connectivity index (χ0) is 10.8. The number of ether oxygens (including phenoxy) is 1. The van der Waals surface area contributed by atoms with Crippen molar-refractivity contribution >= 4 is 5.91 Å². The highest BCUT2D eigenvalue weighted by molar-refractivity contribution is 5.78.